The van der Waals surface area contributed by atoms with Crippen LogP contribution >= 0.6 is 11.6 Å². The Morgan fingerprint density at radius 2 is 2.09 bits per heavy atom. The first-order valence-corrected chi connectivity index (χ1v) is 7.52. The van der Waals surface area contributed by atoms with Crippen molar-refractivity contribution >= 4 is 17.6 Å². The van der Waals surface area contributed by atoms with Crippen LogP contribution in [0.5, 0.6) is 0 Å². The monoisotopic (exact) mass is 328 g/mol. The molecule has 0 aliphatic rings. The highest BCUT2D eigenvalue weighted by Crippen LogP contribution is 2.24. The number of halogens is 1. The van der Waals surface area contributed by atoms with Gasteiger partial charge in [-0.3, -0.25) is 0 Å². The van der Waals surface area contributed by atoms with Crippen molar-refractivity contribution in [1.29, 1.82) is 0 Å². The van der Waals surface area contributed by atoms with Crippen LogP contribution < -0.4 is 0 Å². The molecule has 4 nitrogen and oxygen atoms in total. The second-order valence-corrected chi connectivity index (χ2v) is 5.28. The van der Waals surface area contributed by atoms with Crippen LogP contribution in [0, 0.1) is 11.8 Å². The fraction of sp³-hybridized carbons (Fsp3) is 0.222. The van der Waals surface area contributed by atoms with Crippen molar-refractivity contribution < 1.29 is 9.53 Å². The number of esters is 1. The summed E-state index contributed by atoms with van der Waals surface area (Å²) < 4.78 is 7.00. The molecule has 1 unspecified atom stereocenters. The number of hydrogen-bond donors (Lipinski definition) is 0. The fourth-order valence-electron chi connectivity index (χ4n) is 2.14. The van der Waals surface area contributed by atoms with Crippen LogP contribution in [-0.4, -0.2) is 21.6 Å². The number of hydrogen-bond acceptors (Lipinski definition) is 3. The Bertz CT molecular complexity index is 756. The smallest absolute Gasteiger partial charge is 0.359 e. The Morgan fingerprint density at radius 3 is 2.74 bits per heavy atom. The zero-order valence-electron chi connectivity index (χ0n) is 13.0. The summed E-state index contributed by atoms with van der Waals surface area (Å²) in [4.78, 5) is 16.4. The molecule has 118 valence electrons. The number of carbonyl (C=O) groups excluding carboxylic acids is 1. The molecule has 0 radical (unpaired) electrons. The number of nitrogens with zero attached hydrogens (tertiary/aromatic N) is 2. The molecular weight excluding hydrogens is 312 g/mol. The summed E-state index contributed by atoms with van der Waals surface area (Å²) in [6, 6.07) is 9.67. The summed E-state index contributed by atoms with van der Waals surface area (Å²) in [5, 5.41) is 0.113. The standard InChI is InChI=1S/C18H17ClN2O2/c1-4-5-9-13(2)23-18(22)16-17(19)20-12-21(16)14(3)15-10-7-6-8-11-15/h4,6-8,10-14H,1H2,2-3H3/t13?,14-/m1/s1. The quantitative estimate of drug-likeness (QED) is 0.632. The second-order valence-electron chi connectivity index (χ2n) is 4.92. The van der Waals surface area contributed by atoms with Gasteiger partial charge in [0.1, 0.15) is 0 Å². The molecular formula is C18H17ClN2O2. The highest BCUT2D eigenvalue weighted by atomic mass is 35.5. The van der Waals surface area contributed by atoms with Crippen molar-refractivity contribution in [3.05, 3.63) is 65.7 Å². The SMILES string of the molecule is C=CC#CC(C)OC(=O)c1c(Cl)ncn1[C@H](C)c1ccccc1. The van der Waals surface area contributed by atoms with Crippen LogP contribution in [0.3, 0.4) is 0 Å². The molecule has 2 atom stereocenters. The second kappa shape index (κ2) is 7.66. The summed E-state index contributed by atoms with van der Waals surface area (Å²) in [7, 11) is 0. The van der Waals surface area contributed by atoms with Crippen LogP contribution in [-0.2, 0) is 4.74 Å². The molecule has 0 N–H and O–H groups in total. The summed E-state index contributed by atoms with van der Waals surface area (Å²) in [6.45, 7) is 7.14. The van der Waals surface area contributed by atoms with E-state index in [0.717, 1.165) is 5.56 Å². The molecule has 1 heterocycles. The van der Waals surface area contributed by atoms with Gasteiger partial charge in [0.2, 0.25) is 0 Å². The number of carbonyl (C=O) groups is 1. The van der Waals surface area contributed by atoms with Gasteiger partial charge in [0.05, 0.1) is 12.4 Å². The summed E-state index contributed by atoms with van der Waals surface area (Å²) in [5.41, 5.74) is 1.25. The molecule has 0 saturated heterocycles. The number of allylic oxidation sites excluding steroid dienone is 1. The van der Waals surface area contributed by atoms with Crippen molar-refractivity contribution in [2.24, 2.45) is 0 Å². The summed E-state index contributed by atoms with van der Waals surface area (Å²) in [6.07, 6.45) is 2.42. The van der Waals surface area contributed by atoms with Gasteiger partial charge in [-0.15, -0.1) is 0 Å². The van der Waals surface area contributed by atoms with Gasteiger partial charge in [0, 0.05) is 0 Å². The van der Waals surface area contributed by atoms with E-state index >= 15 is 0 Å². The molecule has 2 aromatic rings. The van der Waals surface area contributed by atoms with E-state index in [2.05, 4.69) is 23.4 Å². The highest BCUT2D eigenvalue weighted by molar-refractivity contribution is 6.32. The van der Waals surface area contributed by atoms with Gasteiger partial charge in [-0.1, -0.05) is 60.4 Å². The zero-order chi connectivity index (χ0) is 16.8. The number of rotatable bonds is 4. The van der Waals surface area contributed by atoms with Gasteiger partial charge in [-0.05, 0) is 25.5 Å². The molecule has 0 aliphatic carbocycles. The first kappa shape index (κ1) is 16.9. The molecule has 0 amide bonds. The van der Waals surface area contributed by atoms with E-state index in [4.69, 9.17) is 16.3 Å². The third-order valence-electron chi connectivity index (χ3n) is 3.31. The van der Waals surface area contributed by atoms with Crippen molar-refractivity contribution in [3.8, 4) is 11.8 Å². The molecule has 0 bridgehead atoms. The first-order valence-electron chi connectivity index (χ1n) is 7.14. The van der Waals surface area contributed by atoms with Crippen LogP contribution in [0.4, 0.5) is 0 Å². The molecule has 2 rings (SSSR count). The topological polar surface area (TPSA) is 44.1 Å². The van der Waals surface area contributed by atoms with Crippen molar-refractivity contribution in [2.75, 3.05) is 0 Å². The van der Waals surface area contributed by atoms with Crippen molar-refractivity contribution in [3.63, 3.8) is 0 Å². The predicted octanol–water partition coefficient (Wildman–Crippen LogP) is 3.88. The average Bonchev–Trinajstić information content (AvgIpc) is 2.94. The lowest BCUT2D eigenvalue weighted by molar-refractivity contribution is 0.0425. The van der Waals surface area contributed by atoms with Crippen LogP contribution in [0.1, 0.15) is 35.9 Å². The third-order valence-corrected chi connectivity index (χ3v) is 3.59. The fourth-order valence-corrected chi connectivity index (χ4v) is 2.35. The van der Waals surface area contributed by atoms with Gasteiger partial charge in [-0.2, -0.15) is 0 Å². The van der Waals surface area contributed by atoms with E-state index in [1.54, 1.807) is 11.5 Å². The minimum absolute atomic E-state index is 0.103. The lowest BCUT2D eigenvalue weighted by atomic mass is 10.1. The molecule has 1 aromatic heterocycles. The third kappa shape index (κ3) is 4.02. The van der Waals surface area contributed by atoms with E-state index in [-0.39, 0.29) is 16.9 Å². The molecule has 1 aromatic carbocycles. The molecule has 23 heavy (non-hydrogen) atoms. The van der Waals surface area contributed by atoms with E-state index < -0.39 is 12.1 Å². The lowest BCUT2D eigenvalue weighted by Crippen LogP contribution is -2.19. The Labute approximate surface area is 140 Å². The Morgan fingerprint density at radius 1 is 1.39 bits per heavy atom. The first-order chi connectivity index (χ1) is 11.0. The Kier molecular flexibility index (Phi) is 5.61. The zero-order valence-corrected chi connectivity index (χ0v) is 13.7. The molecule has 5 heteroatoms. The predicted molar refractivity (Wildman–Crippen MR) is 90.3 cm³/mol. The van der Waals surface area contributed by atoms with Crippen LogP contribution in [0.15, 0.2) is 49.3 Å². The average molecular weight is 329 g/mol. The van der Waals surface area contributed by atoms with E-state index in [1.807, 2.05) is 37.3 Å². The van der Waals surface area contributed by atoms with Crippen LogP contribution in [0.2, 0.25) is 5.15 Å². The molecule has 0 fully saturated rings. The maximum Gasteiger partial charge on any atom is 0.359 e. The van der Waals surface area contributed by atoms with E-state index in [0.29, 0.717) is 0 Å². The summed E-state index contributed by atoms with van der Waals surface area (Å²) >= 11 is 6.07. The maximum absolute atomic E-state index is 12.4. The molecule has 0 aliphatic heterocycles. The number of benzene rings is 1. The Balaban J connectivity index is 2.28. The largest absolute Gasteiger partial charge is 0.445 e. The van der Waals surface area contributed by atoms with Gasteiger partial charge in [0.25, 0.3) is 0 Å². The summed E-state index contributed by atoms with van der Waals surface area (Å²) in [5.74, 6) is 4.84. The highest BCUT2D eigenvalue weighted by Gasteiger charge is 2.23. The van der Waals surface area contributed by atoms with Gasteiger partial charge >= 0.3 is 5.97 Å². The number of ether oxygens (including phenoxy) is 1. The van der Waals surface area contributed by atoms with Crippen LogP contribution in [0.25, 0.3) is 0 Å². The van der Waals surface area contributed by atoms with Gasteiger partial charge in [-0.25, -0.2) is 9.78 Å². The van der Waals surface area contributed by atoms with Crippen molar-refractivity contribution in [2.45, 2.75) is 26.0 Å². The normalized spacial score (nSPS) is 12.7. The molecule has 0 saturated carbocycles. The lowest BCUT2D eigenvalue weighted by Gasteiger charge is -2.17. The van der Waals surface area contributed by atoms with Crippen molar-refractivity contribution in [1.82, 2.24) is 9.55 Å². The minimum atomic E-state index is -0.563. The number of aromatic nitrogens is 2. The minimum Gasteiger partial charge on any atom is -0.445 e. The maximum atomic E-state index is 12.4. The van der Waals surface area contributed by atoms with Gasteiger partial charge < -0.3 is 9.30 Å². The van der Waals surface area contributed by atoms with E-state index in [9.17, 15) is 4.79 Å². The molecule has 0 spiro atoms. The van der Waals surface area contributed by atoms with Gasteiger partial charge in [0.15, 0.2) is 17.0 Å². The number of imidazole rings is 1. The van der Waals surface area contributed by atoms with E-state index in [1.165, 1.54) is 12.4 Å². The Hall–Kier alpha value is -2.51.